The number of carboxylic acid groups (broad SMARTS) is 1. The predicted molar refractivity (Wildman–Crippen MR) is 76.4 cm³/mol. The van der Waals surface area contributed by atoms with Crippen molar-refractivity contribution >= 4 is 5.97 Å². The Morgan fingerprint density at radius 1 is 1.25 bits per heavy atom. The molecular formula is C16H24O4. The summed E-state index contributed by atoms with van der Waals surface area (Å²) in [6.45, 7) is 1.96. The fourth-order valence-corrected chi connectivity index (χ4v) is 3.03. The Labute approximate surface area is 120 Å². The molecule has 0 aromatic heterocycles. The van der Waals surface area contributed by atoms with Gasteiger partial charge in [-0.1, -0.05) is 30.7 Å². The van der Waals surface area contributed by atoms with Crippen LogP contribution in [0.3, 0.4) is 0 Å². The Kier molecular flexibility index (Phi) is 5.38. The molecule has 1 saturated carbocycles. The first-order valence-corrected chi connectivity index (χ1v) is 7.50. The summed E-state index contributed by atoms with van der Waals surface area (Å²) in [4.78, 5) is 11.0. The Bertz CT molecular complexity index is 380. The van der Waals surface area contributed by atoms with Crippen LogP contribution in [0.1, 0.15) is 51.9 Å². The summed E-state index contributed by atoms with van der Waals surface area (Å²) < 4.78 is 12.1. The summed E-state index contributed by atoms with van der Waals surface area (Å²) >= 11 is 0. The lowest BCUT2D eigenvalue weighted by atomic mass is 9.91. The molecule has 0 aromatic rings. The highest BCUT2D eigenvalue weighted by Crippen LogP contribution is 2.40. The SMILES string of the molecule is C/C=C/C=C/[C@H]1C[C@@H](CC(=O)O)OC2(CCCCC2)O1. The summed E-state index contributed by atoms with van der Waals surface area (Å²) in [5, 5.41) is 9.00. The number of carbonyl (C=O) groups is 1. The highest BCUT2D eigenvalue weighted by atomic mass is 16.7. The first-order chi connectivity index (χ1) is 9.63. The van der Waals surface area contributed by atoms with Crippen molar-refractivity contribution in [1.82, 2.24) is 0 Å². The summed E-state index contributed by atoms with van der Waals surface area (Å²) in [6, 6.07) is 0. The summed E-state index contributed by atoms with van der Waals surface area (Å²) in [5.41, 5.74) is 0. The van der Waals surface area contributed by atoms with E-state index in [4.69, 9.17) is 14.6 Å². The van der Waals surface area contributed by atoms with Crippen LogP contribution in [0, 0.1) is 0 Å². The van der Waals surface area contributed by atoms with E-state index in [0.29, 0.717) is 6.42 Å². The van der Waals surface area contributed by atoms with Gasteiger partial charge in [0.2, 0.25) is 0 Å². The number of allylic oxidation sites excluding steroid dienone is 3. The van der Waals surface area contributed by atoms with Crippen LogP contribution < -0.4 is 0 Å². The van der Waals surface area contributed by atoms with Crippen LogP contribution in [0.5, 0.6) is 0 Å². The molecule has 4 nitrogen and oxygen atoms in total. The van der Waals surface area contributed by atoms with Gasteiger partial charge in [0, 0.05) is 19.3 Å². The fourth-order valence-electron chi connectivity index (χ4n) is 3.03. The molecular weight excluding hydrogens is 256 g/mol. The number of rotatable bonds is 4. The van der Waals surface area contributed by atoms with E-state index in [0.717, 1.165) is 25.7 Å². The Morgan fingerprint density at radius 2 is 2.00 bits per heavy atom. The quantitative estimate of drug-likeness (QED) is 0.802. The Morgan fingerprint density at radius 3 is 2.65 bits per heavy atom. The zero-order chi connectivity index (χ0) is 14.4. The monoisotopic (exact) mass is 280 g/mol. The van der Waals surface area contributed by atoms with E-state index in [1.165, 1.54) is 6.42 Å². The summed E-state index contributed by atoms with van der Waals surface area (Å²) in [7, 11) is 0. The van der Waals surface area contributed by atoms with Crippen LogP contribution in [-0.2, 0) is 14.3 Å². The molecule has 0 amide bonds. The number of aliphatic carboxylic acids is 1. The molecule has 1 N–H and O–H groups in total. The third kappa shape index (κ3) is 4.18. The van der Waals surface area contributed by atoms with Gasteiger partial charge >= 0.3 is 5.97 Å². The number of carboxylic acids is 1. The van der Waals surface area contributed by atoms with Crippen LogP contribution in [-0.4, -0.2) is 29.1 Å². The second-order valence-electron chi connectivity index (χ2n) is 5.61. The molecule has 4 heteroatoms. The van der Waals surface area contributed by atoms with Crippen LogP contribution in [0.15, 0.2) is 24.3 Å². The molecule has 0 bridgehead atoms. The molecule has 1 aliphatic carbocycles. The molecule has 2 atom stereocenters. The zero-order valence-electron chi connectivity index (χ0n) is 12.1. The highest BCUT2D eigenvalue weighted by molar-refractivity contribution is 5.67. The molecule has 1 saturated heterocycles. The van der Waals surface area contributed by atoms with E-state index < -0.39 is 11.8 Å². The van der Waals surface area contributed by atoms with E-state index in [9.17, 15) is 4.79 Å². The third-order valence-electron chi connectivity index (χ3n) is 3.89. The smallest absolute Gasteiger partial charge is 0.305 e. The highest BCUT2D eigenvalue weighted by Gasteiger charge is 2.43. The molecule has 0 unspecified atom stereocenters. The van der Waals surface area contributed by atoms with E-state index in [-0.39, 0.29) is 18.6 Å². The average molecular weight is 280 g/mol. The normalized spacial score (nSPS) is 30.2. The summed E-state index contributed by atoms with van der Waals surface area (Å²) in [6.07, 6.45) is 13.4. The van der Waals surface area contributed by atoms with Crippen molar-refractivity contribution in [1.29, 1.82) is 0 Å². The fraction of sp³-hybridized carbons (Fsp3) is 0.688. The van der Waals surface area contributed by atoms with Crippen LogP contribution in [0.25, 0.3) is 0 Å². The van der Waals surface area contributed by atoms with E-state index in [1.54, 1.807) is 0 Å². The Hall–Kier alpha value is -1.13. The summed E-state index contributed by atoms with van der Waals surface area (Å²) in [5.74, 6) is -1.36. The topological polar surface area (TPSA) is 55.8 Å². The first kappa shape index (κ1) is 15.3. The van der Waals surface area contributed by atoms with Gasteiger partial charge in [0.1, 0.15) is 0 Å². The minimum atomic E-state index is -0.806. The zero-order valence-corrected chi connectivity index (χ0v) is 12.1. The molecule has 2 fully saturated rings. The maximum atomic E-state index is 11.0. The average Bonchev–Trinajstić information content (AvgIpc) is 2.38. The van der Waals surface area contributed by atoms with Gasteiger partial charge in [-0.25, -0.2) is 0 Å². The molecule has 1 aliphatic heterocycles. The molecule has 2 aliphatic rings. The van der Waals surface area contributed by atoms with Gasteiger partial charge < -0.3 is 14.6 Å². The van der Waals surface area contributed by atoms with Crippen molar-refractivity contribution in [2.75, 3.05) is 0 Å². The van der Waals surface area contributed by atoms with E-state index in [2.05, 4.69) is 0 Å². The molecule has 1 heterocycles. The number of hydrogen-bond acceptors (Lipinski definition) is 3. The van der Waals surface area contributed by atoms with Crippen LogP contribution in [0.2, 0.25) is 0 Å². The van der Waals surface area contributed by atoms with Crippen LogP contribution in [0.4, 0.5) is 0 Å². The minimum absolute atomic E-state index is 0.0533. The number of hydrogen-bond donors (Lipinski definition) is 1. The van der Waals surface area contributed by atoms with Gasteiger partial charge in [-0.2, -0.15) is 0 Å². The van der Waals surface area contributed by atoms with Gasteiger partial charge in [0.05, 0.1) is 18.6 Å². The third-order valence-corrected chi connectivity index (χ3v) is 3.89. The predicted octanol–water partition coefficient (Wildman–Crippen LogP) is 3.43. The maximum Gasteiger partial charge on any atom is 0.305 e. The van der Waals surface area contributed by atoms with Crippen molar-refractivity contribution < 1.29 is 19.4 Å². The largest absolute Gasteiger partial charge is 0.481 e. The second-order valence-corrected chi connectivity index (χ2v) is 5.61. The molecule has 20 heavy (non-hydrogen) atoms. The lowest BCUT2D eigenvalue weighted by molar-refractivity contribution is -0.320. The van der Waals surface area contributed by atoms with Crippen molar-refractivity contribution in [3.63, 3.8) is 0 Å². The van der Waals surface area contributed by atoms with Gasteiger partial charge in [0.15, 0.2) is 5.79 Å². The van der Waals surface area contributed by atoms with Crippen molar-refractivity contribution in [2.45, 2.75) is 69.9 Å². The standard InChI is InChI=1S/C16H24O4/c1-2-3-5-8-13-11-14(12-15(17)18)20-16(19-13)9-6-4-7-10-16/h2-3,5,8,13-14H,4,6-7,9-12H2,1H3,(H,17,18)/b3-2+,8-5+/t13-,14-/m0/s1. The van der Waals surface area contributed by atoms with Crippen molar-refractivity contribution in [3.8, 4) is 0 Å². The second kappa shape index (κ2) is 7.04. The van der Waals surface area contributed by atoms with Gasteiger partial charge in [0.25, 0.3) is 0 Å². The van der Waals surface area contributed by atoms with Gasteiger partial charge in [-0.15, -0.1) is 0 Å². The van der Waals surface area contributed by atoms with Gasteiger partial charge in [-0.3, -0.25) is 4.79 Å². The molecule has 2 rings (SSSR count). The molecule has 112 valence electrons. The lowest BCUT2D eigenvalue weighted by Crippen LogP contribution is -2.49. The van der Waals surface area contributed by atoms with E-state index in [1.807, 2.05) is 31.2 Å². The molecule has 1 spiro atoms. The molecule has 0 aromatic carbocycles. The first-order valence-electron chi connectivity index (χ1n) is 7.50. The van der Waals surface area contributed by atoms with Crippen LogP contribution >= 0.6 is 0 Å². The number of ether oxygens (including phenoxy) is 2. The minimum Gasteiger partial charge on any atom is -0.481 e. The van der Waals surface area contributed by atoms with Gasteiger partial charge in [-0.05, 0) is 19.8 Å². The maximum absolute atomic E-state index is 11.0. The Balaban J connectivity index is 2.07. The van der Waals surface area contributed by atoms with Crippen molar-refractivity contribution in [3.05, 3.63) is 24.3 Å². The van der Waals surface area contributed by atoms with Crippen molar-refractivity contribution in [2.24, 2.45) is 0 Å². The lowest BCUT2D eigenvalue weighted by Gasteiger charge is -2.46. The van der Waals surface area contributed by atoms with E-state index >= 15 is 0 Å². The molecule has 0 radical (unpaired) electrons.